The van der Waals surface area contributed by atoms with E-state index in [2.05, 4.69) is 20.5 Å². The number of aryl methyl sites for hydroxylation is 1. The number of rotatable bonds is 4. The summed E-state index contributed by atoms with van der Waals surface area (Å²) in [5.41, 5.74) is -0.611. The minimum Gasteiger partial charge on any atom is -0.337 e. The fourth-order valence-electron chi connectivity index (χ4n) is 4.39. The molecule has 0 radical (unpaired) electrons. The average Bonchev–Trinajstić information content (AvgIpc) is 3.29. The first-order chi connectivity index (χ1) is 12.1. The maximum Gasteiger partial charge on any atom is 0.325 e. The third-order valence-electron chi connectivity index (χ3n) is 5.82. The highest BCUT2D eigenvalue weighted by molar-refractivity contribution is 6.07. The van der Waals surface area contributed by atoms with Crippen LogP contribution in [0.4, 0.5) is 4.79 Å². The first kappa shape index (κ1) is 16.5. The van der Waals surface area contributed by atoms with E-state index in [4.69, 9.17) is 0 Å². The first-order valence-electron chi connectivity index (χ1n) is 9.17. The molecule has 0 bridgehead atoms. The van der Waals surface area contributed by atoms with E-state index in [9.17, 15) is 9.59 Å². The third-order valence-corrected chi connectivity index (χ3v) is 5.82. The van der Waals surface area contributed by atoms with Gasteiger partial charge in [0.05, 0.1) is 6.04 Å². The molecule has 2 N–H and O–H groups in total. The molecule has 1 aromatic heterocycles. The van der Waals surface area contributed by atoms with Gasteiger partial charge in [0.15, 0.2) is 0 Å². The van der Waals surface area contributed by atoms with E-state index < -0.39 is 5.54 Å². The number of piperazine rings is 1. The number of imidazole rings is 1. The SMILES string of the molecule is Cn1ccnc1C1CNCCN1CCN1C(=O)NC2(CCCC2)C1=O. The monoisotopic (exact) mass is 346 g/mol. The third kappa shape index (κ3) is 2.83. The van der Waals surface area contributed by atoms with Crippen molar-refractivity contribution in [1.82, 2.24) is 30.0 Å². The highest BCUT2D eigenvalue weighted by atomic mass is 16.2. The number of amides is 3. The van der Waals surface area contributed by atoms with Crippen molar-refractivity contribution in [3.05, 3.63) is 18.2 Å². The lowest BCUT2D eigenvalue weighted by molar-refractivity contribution is -0.131. The van der Waals surface area contributed by atoms with Crippen LogP contribution in [0.3, 0.4) is 0 Å². The van der Waals surface area contributed by atoms with Crippen LogP contribution in [0.5, 0.6) is 0 Å². The zero-order valence-corrected chi connectivity index (χ0v) is 14.7. The Morgan fingerprint density at radius 3 is 2.80 bits per heavy atom. The lowest BCUT2D eigenvalue weighted by Gasteiger charge is -2.36. The zero-order valence-electron chi connectivity index (χ0n) is 14.7. The van der Waals surface area contributed by atoms with Crippen LogP contribution in [-0.2, 0) is 11.8 Å². The van der Waals surface area contributed by atoms with E-state index >= 15 is 0 Å². The molecular weight excluding hydrogens is 320 g/mol. The van der Waals surface area contributed by atoms with Crippen molar-refractivity contribution >= 4 is 11.9 Å². The minimum absolute atomic E-state index is 0.0290. The van der Waals surface area contributed by atoms with Crippen LogP contribution in [0, 0.1) is 0 Å². The van der Waals surface area contributed by atoms with Crippen LogP contribution in [0.25, 0.3) is 0 Å². The summed E-state index contributed by atoms with van der Waals surface area (Å²) < 4.78 is 2.03. The van der Waals surface area contributed by atoms with Crippen molar-refractivity contribution in [2.45, 2.75) is 37.3 Å². The van der Waals surface area contributed by atoms with Gasteiger partial charge < -0.3 is 15.2 Å². The van der Waals surface area contributed by atoms with E-state index in [1.54, 1.807) is 0 Å². The first-order valence-corrected chi connectivity index (χ1v) is 9.17. The van der Waals surface area contributed by atoms with Gasteiger partial charge in [0.25, 0.3) is 5.91 Å². The number of nitrogens with zero attached hydrogens (tertiary/aromatic N) is 4. The molecule has 8 heteroatoms. The van der Waals surface area contributed by atoms with Gasteiger partial charge in [-0.3, -0.25) is 14.6 Å². The summed E-state index contributed by atoms with van der Waals surface area (Å²) in [6.07, 6.45) is 7.33. The van der Waals surface area contributed by atoms with E-state index in [0.717, 1.165) is 51.1 Å². The summed E-state index contributed by atoms with van der Waals surface area (Å²) in [7, 11) is 2.00. The molecule has 2 aliphatic heterocycles. The molecule has 0 aromatic carbocycles. The van der Waals surface area contributed by atoms with E-state index in [1.807, 2.05) is 24.0 Å². The molecule has 1 spiro atoms. The number of imide groups is 1. The Labute approximate surface area is 147 Å². The number of carbonyl (C=O) groups is 2. The quantitative estimate of drug-likeness (QED) is 0.763. The molecule has 1 aromatic rings. The second-order valence-electron chi connectivity index (χ2n) is 7.33. The van der Waals surface area contributed by atoms with Gasteiger partial charge in [0.1, 0.15) is 11.4 Å². The fraction of sp³-hybridized carbons (Fsp3) is 0.706. The van der Waals surface area contributed by atoms with Gasteiger partial charge in [0.2, 0.25) is 0 Å². The number of aromatic nitrogens is 2. The molecule has 3 fully saturated rings. The number of hydrogen-bond acceptors (Lipinski definition) is 5. The fourth-order valence-corrected chi connectivity index (χ4v) is 4.39. The van der Waals surface area contributed by atoms with Crippen LogP contribution in [-0.4, -0.2) is 69.6 Å². The van der Waals surface area contributed by atoms with Crippen LogP contribution < -0.4 is 10.6 Å². The van der Waals surface area contributed by atoms with Crippen molar-refractivity contribution in [3.63, 3.8) is 0 Å². The molecule has 1 unspecified atom stereocenters. The Kier molecular flexibility index (Phi) is 4.24. The number of nitrogens with one attached hydrogen (secondary N) is 2. The molecule has 136 valence electrons. The van der Waals surface area contributed by atoms with E-state index in [0.29, 0.717) is 13.1 Å². The zero-order chi connectivity index (χ0) is 17.4. The Bertz CT molecular complexity index is 666. The number of urea groups is 1. The maximum absolute atomic E-state index is 12.8. The second-order valence-corrected chi connectivity index (χ2v) is 7.33. The second kappa shape index (κ2) is 6.42. The molecule has 1 atom stereocenters. The highest BCUT2D eigenvalue weighted by Gasteiger charge is 2.52. The largest absolute Gasteiger partial charge is 0.337 e. The van der Waals surface area contributed by atoms with Gasteiger partial charge in [-0.15, -0.1) is 0 Å². The maximum atomic E-state index is 12.8. The van der Waals surface area contributed by atoms with Crippen LogP contribution in [0.2, 0.25) is 0 Å². The molecule has 8 nitrogen and oxygen atoms in total. The standard InChI is InChI=1S/C17H26N6O2/c1-21-8-7-19-14(21)13-12-18-6-9-22(13)10-11-23-15(24)17(20-16(23)25)4-2-3-5-17/h7-8,13,18H,2-6,9-12H2,1H3,(H,20,25). The summed E-state index contributed by atoms with van der Waals surface area (Å²) >= 11 is 0. The predicted octanol–water partition coefficient (Wildman–Crippen LogP) is 0.231. The smallest absolute Gasteiger partial charge is 0.325 e. The van der Waals surface area contributed by atoms with Gasteiger partial charge in [0, 0.05) is 52.2 Å². The summed E-state index contributed by atoms with van der Waals surface area (Å²) in [5, 5.41) is 6.37. The predicted molar refractivity (Wildman–Crippen MR) is 91.8 cm³/mol. The van der Waals surface area contributed by atoms with E-state index in [1.165, 1.54) is 4.90 Å². The summed E-state index contributed by atoms with van der Waals surface area (Å²) in [5.74, 6) is 0.982. The van der Waals surface area contributed by atoms with E-state index in [-0.39, 0.29) is 18.0 Å². The average molecular weight is 346 g/mol. The van der Waals surface area contributed by atoms with Crippen molar-refractivity contribution in [1.29, 1.82) is 0 Å². The van der Waals surface area contributed by atoms with Gasteiger partial charge in [-0.25, -0.2) is 9.78 Å². The molecule has 1 aliphatic carbocycles. The minimum atomic E-state index is -0.611. The molecule has 1 saturated carbocycles. The number of carbonyl (C=O) groups excluding carboxylic acids is 2. The lowest BCUT2D eigenvalue weighted by atomic mass is 9.98. The summed E-state index contributed by atoms with van der Waals surface area (Å²) in [4.78, 5) is 33.3. The molecule has 3 heterocycles. The molecular formula is C17H26N6O2. The lowest BCUT2D eigenvalue weighted by Crippen LogP contribution is -2.50. The van der Waals surface area contributed by atoms with Crippen molar-refractivity contribution in [2.24, 2.45) is 7.05 Å². The molecule has 3 amide bonds. The van der Waals surface area contributed by atoms with Crippen molar-refractivity contribution in [3.8, 4) is 0 Å². The number of hydrogen-bond donors (Lipinski definition) is 2. The van der Waals surface area contributed by atoms with Gasteiger partial charge in [-0.1, -0.05) is 12.8 Å². The Morgan fingerprint density at radius 1 is 1.28 bits per heavy atom. The highest BCUT2D eigenvalue weighted by Crippen LogP contribution is 2.35. The van der Waals surface area contributed by atoms with Crippen LogP contribution in [0.1, 0.15) is 37.5 Å². The van der Waals surface area contributed by atoms with Gasteiger partial charge in [-0.05, 0) is 12.8 Å². The molecule has 3 aliphatic rings. The van der Waals surface area contributed by atoms with Crippen molar-refractivity contribution < 1.29 is 9.59 Å². The molecule has 4 rings (SSSR count). The normalized spacial score (nSPS) is 26.6. The van der Waals surface area contributed by atoms with Crippen molar-refractivity contribution in [2.75, 3.05) is 32.7 Å². The van der Waals surface area contributed by atoms with Crippen LogP contribution >= 0.6 is 0 Å². The van der Waals surface area contributed by atoms with Crippen LogP contribution in [0.15, 0.2) is 12.4 Å². The Morgan fingerprint density at radius 2 is 2.08 bits per heavy atom. The molecule has 2 saturated heterocycles. The summed E-state index contributed by atoms with van der Waals surface area (Å²) in [6.45, 7) is 3.73. The Hall–Kier alpha value is -1.93. The molecule has 25 heavy (non-hydrogen) atoms. The summed E-state index contributed by atoms with van der Waals surface area (Å²) in [6, 6.07) is -0.0643. The Balaban J connectivity index is 1.44. The van der Waals surface area contributed by atoms with Gasteiger partial charge >= 0.3 is 6.03 Å². The van der Waals surface area contributed by atoms with Gasteiger partial charge in [-0.2, -0.15) is 0 Å². The topological polar surface area (TPSA) is 82.5 Å².